The zero-order valence-electron chi connectivity index (χ0n) is 13.9. The minimum atomic E-state index is -0.262. The van der Waals surface area contributed by atoms with Crippen molar-refractivity contribution >= 4 is 6.03 Å². The Hall–Kier alpha value is -1.66. The van der Waals surface area contributed by atoms with Gasteiger partial charge in [0.25, 0.3) is 0 Å². The fourth-order valence-corrected chi connectivity index (χ4v) is 2.75. The summed E-state index contributed by atoms with van der Waals surface area (Å²) in [6, 6.07) is 6.18. The first-order valence-corrected chi connectivity index (χ1v) is 8.16. The van der Waals surface area contributed by atoms with Gasteiger partial charge in [-0.15, -0.1) is 0 Å². The molecule has 1 unspecified atom stereocenters. The zero-order valence-corrected chi connectivity index (χ0v) is 13.9. The molecule has 2 rings (SSSR count). The molecule has 0 saturated carbocycles. The average molecular weight is 323 g/mol. The molecule has 23 heavy (non-hydrogen) atoms. The van der Waals surface area contributed by atoms with Crippen LogP contribution < -0.4 is 5.32 Å². The second-order valence-corrected chi connectivity index (χ2v) is 5.78. The highest BCUT2D eigenvalue weighted by Crippen LogP contribution is 2.17. The summed E-state index contributed by atoms with van der Waals surface area (Å²) in [5.41, 5.74) is 0.931. The Bertz CT molecular complexity index is 487. The van der Waals surface area contributed by atoms with Gasteiger partial charge in [-0.2, -0.15) is 0 Å². The zero-order chi connectivity index (χ0) is 16.7. The number of piperazine rings is 1. The third-order valence-corrected chi connectivity index (χ3v) is 4.25. The molecule has 0 spiro atoms. The molecule has 1 aromatic carbocycles. The molecular weight excluding hydrogens is 297 g/mol. The van der Waals surface area contributed by atoms with Gasteiger partial charge in [-0.25, -0.2) is 9.18 Å². The Morgan fingerprint density at radius 2 is 1.91 bits per heavy atom. The number of halogens is 1. The lowest BCUT2D eigenvalue weighted by molar-refractivity contribution is 0.105. The molecule has 0 radical (unpaired) electrons. The first kappa shape index (κ1) is 17.7. The van der Waals surface area contributed by atoms with Crippen molar-refractivity contribution in [2.45, 2.75) is 19.4 Å². The number of carbonyl (C=O) groups is 1. The van der Waals surface area contributed by atoms with Gasteiger partial charge in [0.05, 0.1) is 12.6 Å². The molecule has 5 nitrogen and oxygen atoms in total. The molecule has 1 N–H and O–H groups in total. The summed E-state index contributed by atoms with van der Waals surface area (Å²) >= 11 is 0. The molecule has 1 heterocycles. The number of benzene rings is 1. The maximum absolute atomic E-state index is 13.0. The molecule has 1 aromatic rings. The van der Waals surface area contributed by atoms with Gasteiger partial charge in [-0.05, 0) is 24.1 Å². The Morgan fingerprint density at radius 1 is 1.26 bits per heavy atom. The van der Waals surface area contributed by atoms with Crippen LogP contribution in [0.15, 0.2) is 24.3 Å². The molecule has 0 aromatic heterocycles. The van der Waals surface area contributed by atoms with Crippen LogP contribution in [0.3, 0.4) is 0 Å². The predicted octanol–water partition coefficient (Wildman–Crippen LogP) is 2.25. The van der Waals surface area contributed by atoms with Crippen molar-refractivity contribution in [3.63, 3.8) is 0 Å². The van der Waals surface area contributed by atoms with E-state index in [4.69, 9.17) is 4.74 Å². The molecule has 1 aliphatic heterocycles. The summed E-state index contributed by atoms with van der Waals surface area (Å²) in [6.45, 7) is 6.80. The highest BCUT2D eigenvalue weighted by atomic mass is 19.1. The second kappa shape index (κ2) is 8.84. The predicted molar refractivity (Wildman–Crippen MR) is 87.9 cm³/mol. The number of rotatable bonds is 6. The summed E-state index contributed by atoms with van der Waals surface area (Å²) in [4.78, 5) is 16.6. The lowest BCUT2D eigenvalue weighted by Gasteiger charge is -2.35. The van der Waals surface area contributed by atoms with Crippen molar-refractivity contribution in [1.82, 2.24) is 15.1 Å². The minimum absolute atomic E-state index is 0.0485. The van der Waals surface area contributed by atoms with Crippen molar-refractivity contribution in [2.24, 2.45) is 0 Å². The molecule has 6 heteroatoms. The van der Waals surface area contributed by atoms with Crippen LogP contribution in [-0.4, -0.2) is 62.3 Å². The lowest BCUT2D eigenvalue weighted by Crippen LogP contribution is -2.52. The quantitative estimate of drug-likeness (QED) is 0.873. The highest BCUT2D eigenvalue weighted by molar-refractivity contribution is 5.74. The van der Waals surface area contributed by atoms with Crippen LogP contribution in [0.1, 0.15) is 24.9 Å². The Kier molecular flexibility index (Phi) is 6.80. The second-order valence-electron chi connectivity index (χ2n) is 5.78. The van der Waals surface area contributed by atoms with E-state index in [9.17, 15) is 9.18 Å². The molecule has 1 atom stereocenters. The topological polar surface area (TPSA) is 44.8 Å². The van der Waals surface area contributed by atoms with Gasteiger partial charge in [-0.1, -0.05) is 19.1 Å². The molecule has 1 saturated heterocycles. The van der Waals surface area contributed by atoms with Gasteiger partial charge < -0.3 is 15.0 Å². The Morgan fingerprint density at radius 3 is 2.48 bits per heavy atom. The molecular formula is C17H26FN3O2. The van der Waals surface area contributed by atoms with Crippen LogP contribution in [0.5, 0.6) is 0 Å². The Labute approximate surface area is 137 Å². The number of methoxy groups -OCH3 is 1. The first-order chi connectivity index (χ1) is 11.1. The highest BCUT2D eigenvalue weighted by Gasteiger charge is 2.22. The smallest absolute Gasteiger partial charge is 0.317 e. The molecule has 2 amide bonds. The van der Waals surface area contributed by atoms with Crippen LogP contribution in [-0.2, 0) is 4.74 Å². The van der Waals surface area contributed by atoms with E-state index in [1.54, 1.807) is 19.2 Å². The number of ether oxygens (including phenoxy) is 1. The first-order valence-electron chi connectivity index (χ1n) is 8.16. The van der Waals surface area contributed by atoms with Gasteiger partial charge in [0.1, 0.15) is 5.82 Å². The van der Waals surface area contributed by atoms with Gasteiger partial charge in [-0.3, -0.25) is 4.90 Å². The van der Waals surface area contributed by atoms with Gasteiger partial charge in [0.2, 0.25) is 0 Å². The maximum Gasteiger partial charge on any atom is 0.317 e. The van der Waals surface area contributed by atoms with Crippen LogP contribution in [0.25, 0.3) is 0 Å². The van der Waals surface area contributed by atoms with E-state index in [1.807, 2.05) is 11.8 Å². The molecule has 0 aliphatic carbocycles. The van der Waals surface area contributed by atoms with E-state index in [2.05, 4.69) is 10.2 Å². The molecule has 1 fully saturated rings. The normalized spacial score (nSPS) is 17.1. The van der Waals surface area contributed by atoms with Crippen molar-refractivity contribution in [3.05, 3.63) is 35.6 Å². The van der Waals surface area contributed by atoms with E-state index in [0.717, 1.165) is 44.7 Å². The SMILES string of the molecule is CCC(NC(=O)N1CCN(CCOC)CC1)c1ccc(F)cc1. The molecule has 1 aliphatic rings. The third-order valence-electron chi connectivity index (χ3n) is 4.25. The van der Waals surface area contributed by atoms with Crippen molar-refractivity contribution < 1.29 is 13.9 Å². The fourth-order valence-electron chi connectivity index (χ4n) is 2.75. The summed E-state index contributed by atoms with van der Waals surface area (Å²) < 4.78 is 18.1. The number of nitrogens with zero attached hydrogens (tertiary/aromatic N) is 2. The summed E-state index contributed by atoms with van der Waals surface area (Å²) in [5.74, 6) is -0.262. The lowest BCUT2D eigenvalue weighted by atomic mass is 10.0. The van der Waals surface area contributed by atoms with E-state index in [-0.39, 0.29) is 17.9 Å². The van der Waals surface area contributed by atoms with Crippen LogP contribution >= 0.6 is 0 Å². The minimum Gasteiger partial charge on any atom is -0.383 e. The van der Waals surface area contributed by atoms with E-state index >= 15 is 0 Å². The van der Waals surface area contributed by atoms with E-state index in [1.165, 1.54) is 12.1 Å². The monoisotopic (exact) mass is 323 g/mol. The van der Waals surface area contributed by atoms with Crippen molar-refractivity contribution in [1.29, 1.82) is 0 Å². The fraction of sp³-hybridized carbons (Fsp3) is 0.588. The average Bonchev–Trinajstić information content (AvgIpc) is 2.59. The number of urea groups is 1. The van der Waals surface area contributed by atoms with Gasteiger partial charge in [0.15, 0.2) is 0 Å². The molecule has 128 valence electrons. The third kappa shape index (κ3) is 5.18. The number of nitrogens with one attached hydrogen (secondary N) is 1. The Balaban J connectivity index is 1.84. The van der Waals surface area contributed by atoms with Crippen LogP contribution in [0.2, 0.25) is 0 Å². The summed E-state index contributed by atoms with van der Waals surface area (Å²) in [5, 5.41) is 3.05. The van der Waals surface area contributed by atoms with Gasteiger partial charge in [0, 0.05) is 39.8 Å². The number of carbonyl (C=O) groups excluding carboxylic acids is 1. The number of amides is 2. The standard InChI is InChI=1S/C17H26FN3O2/c1-3-16(14-4-6-15(18)7-5-14)19-17(22)21-10-8-20(9-11-21)12-13-23-2/h4-7,16H,3,8-13H2,1-2H3,(H,19,22). The van der Waals surface area contributed by atoms with E-state index < -0.39 is 0 Å². The van der Waals surface area contributed by atoms with Crippen molar-refractivity contribution in [2.75, 3.05) is 46.4 Å². The van der Waals surface area contributed by atoms with Gasteiger partial charge >= 0.3 is 6.03 Å². The maximum atomic E-state index is 13.0. The molecule has 0 bridgehead atoms. The summed E-state index contributed by atoms with van der Waals surface area (Å²) in [6.07, 6.45) is 0.769. The van der Waals surface area contributed by atoms with E-state index in [0.29, 0.717) is 6.61 Å². The van der Waals surface area contributed by atoms with Crippen LogP contribution in [0, 0.1) is 5.82 Å². The van der Waals surface area contributed by atoms with Crippen LogP contribution in [0.4, 0.5) is 9.18 Å². The number of hydrogen-bond donors (Lipinski definition) is 1. The largest absolute Gasteiger partial charge is 0.383 e. The van der Waals surface area contributed by atoms with Crippen molar-refractivity contribution in [3.8, 4) is 0 Å². The number of hydrogen-bond acceptors (Lipinski definition) is 3. The summed E-state index contributed by atoms with van der Waals surface area (Å²) in [7, 11) is 1.70.